The molecule has 0 heterocycles. The van der Waals surface area contributed by atoms with Crippen LogP contribution in [0, 0.1) is 11.3 Å². The van der Waals surface area contributed by atoms with Crippen molar-refractivity contribution >= 4 is 5.69 Å². The topological polar surface area (TPSA) is 45.0 Å². The highest BCUT2D eigenvalue weighted by Gasteiger charge is 2.32. The van der Waals surface area contributed by atoms with Crippen molar-refractivity contribution in [1.29, 1.82) is 5.26 Å². The van der Waals surface area contributed by atoms with E-state index in [9.17, 15) is 13.2 Å². The van der Waals surface area contributed by atoms with E-state index in [4.69, 9.17) is 5.26 Å². The Hall–Kier alpha value is -2.68. The Balaban J connectivity index is 2.15. The molecule has 21 heavy (non-hydrogen) atoms. The molecule has 0 saturated heterocycles. The molecule has 0 fully saturated rings. The van der Waals surface area contributed by atoms with Crippen molar-refractivity contribution < 1.29 is 17.9 Å². The fourth-order valence-corrected chi connectivity index (χ4v) is 1.80. The van der Waals surface area contributed by atoms with Crippen LogP contribution in [0.2, 0.25) is 0 Å². The summed E-state index contributed by atoms with van der Waals surface area (Å²) >= 11 is 0. The molecule has 0 spiro atoms. The maximum atomic E-state index is 12.3. The first-order chi connectivity index (χ1) is 9.99. The molecule has 0 atom stereocenters. The van der Waals surface area contributed by atoms with Crippen molar-refractivity contribution in [3.63, 3.8) is 0 Å². The molecule has 0 aliphatic rings. The molecule has 2 aromatic carbocycles. The summed E-state index contributed by atoms with van der Waals surface area (Å²) in [5.74, 6) is -0.306. The minimum absolute atomic E-state index is 0.211. The Morgan fingerprint density at radius 1 is 1.05 bits per heavy atom. The zero-order chi connectivity index (χ0) is 15.3. The molecule has 2 aromatic rings. The highest BCUT2D eigenvalue weighted by atomic mass is 19.4. The van der Waals surface area contributed by atoms with Crippen molar-refractivity contribution in [3.8, 4) is 11.8 Å². The predicted octanol–water partition coefficient (Wildman–Crippen LogP) is 4.07. The molecule has 0 aliphatic carbocycles. The van der Waals surface area contributed by atoms with Crippen molar-refractivity contribution in [3.05, 3.63) is 59.7 Å². The number of rotatable bonds is 4. The maximum absolute atomic E-state index is 12.3. The van der Waals surface area contributed by atoms with Gasteiger partial charge in [0.1, 0.15) is 0 Å². The van der Waals surface area contributed by atoms with Gasteiger partial charge in [0.05, 0.1) is 17.3 Å². The van der Waals surface area contributed by atoms with Gasteiger partial charge in [-0.05, 0) is 23.8 Å². The summed E-state index contributed by atoms with van der Waals surface area (Å²) in [4.78, 5) is 0. The molecule has 2 rings (SSSR count). The number of nitrogens with one attached hydrogen (secondary N) is 1. The van der Waals surface area contributed by atoms with Gasteiger partial charge in [-0.15, -0.1) is 13.2 Å². The maximum Gasteiger partial charge on any atom is 0.573 e. The van der Waals surface area contributed by atoms with E-state index in [0.717, 1.165) is 0 Å². The summed E-state index contributed by atoms with van der Waals surface area (Å²) in [6.07, 6.45) is -4.75. The number of hydrogen-bond acceptors (Lipinski definition) is 3. The lowest BCUT2D eigenvalue weighted by atomic mass is 10.1. The number of ether oxygens (including phenoxy) is 1. The molecule has 6 heteroatoms. The van der Waals surface area contributed by atoms with E-state index in [0.29, 0.717) is 11.1 Å². The number of anilines is 1. The second kappa shape index (κ2) is 6.18. The molecule has 0 unspecified atom stereocenters. The summed E-state index contributed by atoms with van der Waals surface area (Å²) < 4.78 is 40.9. The summed E-state index contributed by atoms with van der Waals surface area (Å²) in [5, 5.41) is 11.8. The van der Waals surface area contributed by atoms with Gasteiger partial charge in [-0.25, -0.2) is 0 Å². The van der Waals surface area contributed by atoms with E-state index in [1.807, 2.05) is 6.07 Å². The fraction of sp³-hybridized carbons (Fsp3) is 0.133. The molecule has 0 aliphatic heterocycles. The normalized spacial score (nSPS) is 10.8. The van der Waals surface area contributed by atoms with Crippen LogP contribution in [0.1, 0.15) is 11.1 Å². The Morgan fingerprint density at radius 3 is 2.43 bits per heavy atom. The van der Waals surface area contributed by atoms with Crippen molar-refractivity contribution in [2.24, 2.45) is 0 Å². The van der Waals surface area contributed by atoms with Crippen molar-refractivity contribution in [1.82, 2.24) is 0 Å². The second-order valence-corrected chi connectivity index (χ2v) is 4.17. The predicted molar refractivity (Wildman–Crippen MR) is 71.6 cm³/mol. The highest BCUT2D eigenvalue weighted by molar-refractivity contribution is 5.57. The first kappa shape index (κ1) is 14.7. The van der Waals surface area contributed by atoms with Gasteiger partial charge in [-0.1, -0.05) is 30.3 Å². The average molecular weight is 292 g/mol. The van der Waals surface area contributed by atoms with Crippen LogP contribution in [-0.4, -0.2) is 6.36 Å². The van der Waals surface area contributed by atoms with Crippen LogP contribution < -0.4 is 10.1 Å². The first-order valence-electron chi connectivity index (χ1n) is 6.06. The van der Waals surface area contributed by atoms with Crippen LogP contribution in [0.25, 0.3) is 0 Å². The molecule has 0 aromatic heterocycles. The summed E-state index contributed by atoms with van der Waals surface area (Å²) in [6, 6.07) is 14.7. The van der Waals surface area contributed by atoms with Crippen LogP contribution in [0.15, 0.2) is 48.5 Å². The number of hydrogen-bond donors (Lipinski definition) is 1. The van der Waals surface area contributed by atoms with Crippen LogP contribution in [0.3, 0.4) is 0 Å². The Kier molecular flexibility index (Phi) is 4.33. The number of halogens is 3. The van der Waals surface area contributed by atoms with Crippen molar-refractivity contribution in [2.75, 3.05) is 5.32 Å². The molecular weight excluding hydrogens is 281 g/mol. The average Bonchev–Trinajstić information content (AvgIpc) is 2.45. The first-order valence-corrected chi connectivity index (χ1v) is 6.06. The smallest absolute Gasteiger partial charge is 0.404 e. The quantitative estimate of drug-likeness (QED) is 0.924. The van der Waals surface area contributed by atoms with Gasteiger partial charge < -0.3 is 10.1 Å². The van der Waals surface area contributed by atoms with E-state index in [2.05, 4.69) is 10.1 Å². The third-order valence-corrected chi connectivity index (χ3v) is 2.72. The molecule has 0 bridgehead atoms. The van der Waals surface area contributed by atoms with E-state index in [-0.39, 0.29) is 18.0 Å². The largest absolute Gasteiger partial charge is 0.573 e. The van der Waals surface area contributed by atoms with Gasteiger partial charge in [0, 0.05) is 6.54 Å². The Bertz CT molecular complexity index is 662. The Labute approximate surface area is 119 Å². The number of alkyl halides is 3. The van der Waals surface area contributed by atoms with E-state index < -0.39 is 6.36 Å². The van der Waals surface area contributed by atoms with Gasteiger partial charge in [0.15, 0.2) is 5.75 Å². The number of nitriles is 1. The number of nitrogens with zero attached hydrogens (tertiary/aromatic N) is 1. The fourth-order valence-electron chi connectivity index (χ4n) is 1.80. The minimum Gasteiger partial charge on any atom is -0.404 e. The van der Waals surface area contributed by atoms with Crippen LogP contribution in [0.4, 0.5) is 18.9 Å². The van der Waals surface area contributed by atoms with Crippen LogP contribution >= 0.6 is 0 Å². The lowest BCUT2D eigenvalue weighted by molar-refractivity contribution is -0.274. The molecule has 1 N–H and O–H groups in total. The van der Waals surface area contributed by atoms with Gasteiger partial charge in [0.25, 0.3) is 0 Å². The highest BCUT2D eigenvalue weighted by Crippen LogP contribution is 2.30. The Morgan fingerprint density at radius 2 is 1.71 bits per heavy atom. The number of para-hydroxylation sites is 2. The molecule has 0 saturated carbocycles. The molecular formula is C15H11F3N2O. The zero-order valence-electron chi connectivity index (χ0n) is 10.8. The summed E-state index contributed by atoms with van der Waals surface area (Å²) in [5.41, 5.74) is 1.38. The standard InChI is InChI=1S/C15H11F3N2O/c16-15(17,18)21-14-8-4-3-7-13(14)20-10-12-6-2-1-5-11(12)9-19/h1-8,20H,10H2. The summed E-state index contributed by atoms with van der Waals surface area (Å²) in [7, 11) is 0. The van der Waals surface area contributed by atoms with E-state index >= 15 is 0 Å². The molecule has 0 radical (unpaired) electrons. The van der Waals surface area contributed by atoms with Crippen LogP contribution in [-0.2, 0) is 6.54 Å². The third-order valence-electron chi connectivity index (χ3n) is 2.72. The van der Waals surface area contributed by atoms with Crippen molar-refractivity contribution in [2.45, 2.75) is 12.9 Å². The SMILES string of the molecule is N#Cc1ccccc1CNc1ccccc1OC(F)(F)F. The van der Waals surface area contributed by atoms with Gasteiger partial charge in [-0.3, -0.25) is 0 Å². The lowest BCUT2D eigenvalue weighted by Crippen LogP contribution is -2.18. The van der Waals surface area contributed by atoms with Gasteiger partial charge in [-0.2, -0.15) is 5.26 Å². The third kappa shape index (κ3) is 4.14. The monoisotopic (exact) mass is 292 g/mol. The van der Waals surface area contributed by atoms with E-state index in [1.54, 1.807) is 30.3 Å². The number of benzene rings is 2. The van der Waals surface area contributed by atoms with Gasteiger partial charge >= 0.3 is 6.36 Å². The van der Waals surface area contributed by atoms with Gasteiger partial charge in [0.2, 0.25) is 0 Å². The van der Waals surface area contributed by atoms with E-state index in [1.165, 1.54) is 18.2 Å². The lowest BCUT2D eigenvalue weighted by Gasteiger charge is -2.14. The molecule has 0 amide bonds. The second-order valence-electron chi connectivity index (χ2n) is 4.17. The molecule has 108 valence electrons. The zero-order valence-corrected chi connectivity index (χ0v) is 10.8. The minimum atomic E-state index is -4.75. The molecule has 3 nitrogen and oxygen atoms in total. The summed E-state index contributed by atoms with van der Waals surface area (Å²) in [6.45, 7) is 0.224. The van der Waals surface area contributed by atoms with Crippen LogP contribution in [0.5, 0.6) is 5.75 Å².